The van der Waals surface area contributed by atoms with Crippen molar-refractivity contribution >= 4 is 11.3 Å². The van der Waals surface area contributed by atoms with Crippen molar-refractivity contribution in [3.63, 3.8) is 0 Å². The number of halogens is 1. The normalized spacial score (nSPS) is 9.92. The van der Waals surface area contributed by atoms with E-state index in [1.54, 1.807) is 24.3 Å². The molecule has 0 radical (unpaired) electrons. The molecule has 0 saturated carbocycles. The second-order valence-electron chi connectivity index (χ2n) is 2.46. The molecule has 2 rings (SSSR count). The van der Waals surface area contributed by atoms with Crippen molar-refractivity contribution in [1.82, 2.24) is 0 Å². The van der Waals surface area contributed by atoms with Gasteiger partial charge >= 0.3 is 0 Å². The van der Waals surface area contributed by atoms with Crippen LogP contribution in [0.2, 0.25) is 0 Å². The van der Waals surface area contributed by atoms with E-state index in [-0.39, 0.29) is 11.6 Å². The molecule has 0 aliphatic heterocycles. The molecule has 66 valence electrons. The molecule has 0 amide bonds. The molecular weight excluding hydrogens is 187 g/mol. The molecule has 2 aromatic rings. The zero-order valence-corrected chi connectivity index (χ0v) is 7.55. The van der Waals surface area contributed by atoms with E-state index >= 15 is 0 Å². The topological polar surface area (TPSA) is 9.23 Å². The molecule has 0 N–H and O–H groups in total. The highest BCUT2D eigenvalue weighted by Crippen LogP contribution is 2.27. The highest BCUT2D eigenvalue weighted by Gasteiger charge is 2.02. The van der Waals surface area contributed by atoms with Gasteiger partial charge in [-0.3, -0.25) is 0 Å². The lowest BCUT2D eigenvalue weighted by Crippen LogP contribution is -1.84. The Morgan fingerprint density at radius 2 is 1.92 bits per heavy atom. The molecule has 1 aromatic heterocycles. The first-order chi connectivity index (χ1) is 6.36. The van der Waals surface area contributed by atoms with Crippen LogP contribution in [0.3, 0.4) is 0 Å². The van der Waals surface area contributed by atoms with Crippen LogP contribution in [0.15, 0.2) is 41.8 Å². The summed E-state index contributed by atoms with van der Waals surface area (Å²) >= 11 is 1.44. The summed E-state index contributed by atoms with van der Waals surface area (Å²) in [5.41, 5.74) is 0. The number of rotatable bonds is 2. The van der Waals surface area contributed by atoms with Crippen molar-refractivity contribution in [3.05, 3.63) is 47.6 Å². The lowest BCUT2D eigenvalue weighted by atomic mass is 10.3. The van der Waals surface area contributed by atoms with E-state index < -0.39 is 0 Å². The maximum absolute atomic E-state index is 13.1. The molecule has 0 atom stereocenters. The van der Waals surface area contributed by atoms with E-state index in [0.717, 1.165) is 0 Å². The van der Waals surface area contributed by atoms with Crippen molar-refractivity contribution in [2.24, 2.45) is 0 Å². The summed E-state index contributed by atoms with van der Waals surface area (Å²) in [6, 6.07) is 10.0. The van der Waals surface area contributed by atoms with Crippen LogP contribution in [0.1, 0.15) is 0 Å². The van der Waals surface area contributed by atoms with Crippen LogP contribution in [-0.2, 0) is 0 Å². The lowest BCUT2D eigenvalue weighted by molar-refractivity contribution is 0.452. The Bertz CT molecular complexity index is 384. The molecule has 0 spiro atoms. The van der Waals surface area contributed by atoms with Crippen molar-refractivity contribution in [3.8, 4) is 10.8 Å². The second kappa shape index (κ2) is 3.58. The van der Waals surface area contributed by atoms with Gasteiger partial charge in [0.05, 0.1) is 0 Å². The maximum atomic E-state index is 13.1. The molecule has 0 unspecified atom stereocenters. The molecule has 0 fully saturated rings. The number of thiophene rings is 1. The Morgan fingerprint density at radius 1 is 1.08 bits per heavy atom. The molecule has 3 heteroatoms. The molecule has 1 heterocycles. The molecule has 1 aromatic carbocycles. The molecule has 0 saturated heterocycles. The van der Waals surface area contributed by atoms with Gasteiger partial charge in [-0.2, -0.15) is 0 Å². The average molecular weight is 194 g/mol. The Balaban J connectivity index is 2.24. The minimum absolute atomic E-state index is 0.268. The first-order valence-electron chi connectivity index (χ1n) is 3.82. The number of para-hydroxylation sites is 1. The zero-order chi connectivity index (χ0) is 9.10. The van der Waals surface area contributed by atoms with Crippen molar-refractivity contribution in [2.45, 2.75) is 0 Å². The van der Waals surface area contributed by atoms with Gasteiger partial charge < -0.3 is 4.74 Å². The van der Waals surface area contributed by atoms with Gasteiger partial charge in [-0.25, -0.2) is 4.39 Å². The summed E-state index contributed by atoms with van der Waals surface area (Å²) in [5.74, 6) is -0.0687. The standard InChI is InChI=1S/C10H7FOS/c11-8-4-1-2-5-9(8)12-10-6-3-7-13-10/h1-7H. The first kappa shape index (κ1) is 8.26. The molecule has 13 heavy (non-hydrogen) atoms. The summed E-state index contributed by atoms with van der Waals surface area (Å²) in [5, 5.41) is 2.58. The smallest absolute Gasteiger partial charge is 0.181 e. The fourth-order valence-corrected chi connectivity index (χ4v) is 1.54. The lowest BCUT2D eigenvalue weighted by Gasteiger charge is -2.02. The fourth-order valence-electron chi connectivity index (χ4n) is 0.957. The third-order valence-corrected chi connectivity index (χ3v) is 2.29. The Morgan fingerprint density at radius 3 is 2.62 bits per heavy atom. The van der Waals surface area contributed by atoms with Gasteiger partial charge in [-0.15, -0.1) is 11.3 Å². The van der Waals surface area contributed by atoms with Crippen LogP contribution in [0.4, 0.5) is 4.39 Å². The van der Waals surface area contributed by atoms with Gasteiger partial charge in [0.15, 0.2) is 16.6 Å². The summed E-state index contributed by atoms with van der Waals surface area (Å²) in [7, 11) is 0. The van der Waals surface area contributed by atoms with E-state index in [0.29, 0.717) is 5.06 Å². The van der Waals surface area contributed by atoms with Crippen LogP contribution >= 0.6 is 11.3 Å². The Labute approximate surface area is 79.4 Å². The molecular formula is C10H7FOS. The van der Waals surface area contributed by atoms with Crippen LogP contribution in [0.5, 0.6) is 10.8 Å². The SMILES string of the molecule is Fc1ccccc1Oc1cccs1. The number of ether oxygens (including phenoxy) is 1. The summed E-state index contributed by atoms with van der Waals surface area (Å²) in [6.07, 6.45) is 0. The van der Waals surface area contributed by atoms with E-state index in [2.05, 4.69) is 0 Å². The quantitative estimate of drug-likeness (QED) is 0.708. The van der Waals surface area contributed by atoms with Gasteiger partial charge in [0, 0.05) is 0 Å². The summed E-state index contributed by atoms with van der Waals surface area (Å²) < 4.78 is 18.4. The van der Waals surface area contributed by atoms with Crippen LogP contribution in [0, 0.1) is 5.82 Å². The highest BCUT2D eigenvalue weighted by atomic mass is 32.1. The van der Waals surface area contributed by atoms with E-state index in [4.69, 9.17) is 4.74 Å². The van der Waals surface area contributed by atoms with E-state index in [1.807, 2.05) is 11.4 Å². The third-order valence-electron chi connectivity index (χ3n) is 1.54. The zero-order valence-electron chi connectivity index (χ0n) is 6.74. The van der Waals surface area contributed by atoms with Crippen molar-refractivity contribution in [1.29, 1.82) is 0 Å². The Hall–Kier alpha value is -1.35. The number of hydrogen-bond acceptors (Lipinski definition) is 2. The first-order valence-corrected chi connectivity index (χ1v) is 4.70. The van der Waals surface area contributed by atoms with Gasteiger partial charge in [0.1, 0.15) is 0 Å². The van der Waals surface area contributed by atoms with Gasteiger partial charge in [-0.05, 0) is 29.6 Å². The monoisotopic (exact) mass is 194 g/mol. The van der Waals surface area contributed by atoms with Gasteiger partial charge in [0.2, 0.25) is 0 Å². The van der Waals surface area contributed by atoms with Crippen LogP contribution < -0.4 is 4.74 Å². The van der Waals surface area contributed by atoms with Crippen molar-refractivity contribution in [2.75, 3.05) is 0 Å². The minimum Gasteiger partial charge on any atom is -0.444 e. The predicted molar refractivity (Wildman–Crippen MR) is 50.8 cm³/mol. The number of benzene rings is 1. The third kappa shape index (κ3) is 1.87. The Kier molecular flexibility index (Phi) is 2.27. The maximum Gasteiger partial charge on any atom is 0.181 e. The average Bonchev–Trinajstić information content (AvgIpc) is 2.61. The van der Waals surface area contributed by atoms with Gasteiger partial charge in [-0.1, -0.05) is 12.1 Å². The van der Waals surface area contributed by atoms with Crippen molar-refractivity contribution < 1.29 is 9.13 Å². The van der Waals surface area contributed by atoms with Gasteiger partial charge in [0.25, 0.3) is 0 Å². The van der Waals surface area contributed by atoms with E-state index in [1.165, 1.54) is 17.4 Å². The predicted octanol–water partition coefficient (Wildman–Crippen LogP) is 3.68. The largest absolute Gasteiger partial charge is 0.444 e. The minimum atomic E-state index is -0.337. The second-order valence-corrected chi connectivity index (χ2v) is 3.37. The molecule has 1 nitrogen and oxygen atoms in total. The molecule has 0 aliphatic rings. The summed E-state index contributed by atoms with van der Waals surface area (Å²) in [4.78, 5) is 0. The molecule has 0 bridgehead atoms. The molecule has 0 aliphatic carbocycles. The number of hydrogen-bond donors (Lipinski definition) is 0. The highest BCUT2D eigenvalue weighted by molar-refractivity contribution is 7.11. The van der Waals surface area contributed by atoms with E-state index in [9.17, 15) is 4.39 Å². The van der Waals surface area contributed by atoms with Crippen LogP contribution in [0.25, 0.3) is 0 Å². The summed E-state index contributed by atoms with van der Waals surface area (Å²) in [6.45, 7) is 0. The fraction of sp³-hybridized carbons (Fsp3) is 0. The van der Waals surface area contributed by atoms with Crippen LogP contribution in [-0.4, -0.2) is 0 Å².